The van der Waals surface area contributed by atoms with Crippen molar-refractivity contribution in [2.45, 2.75) is 50.2 Å². The van der Waals surface area contributed by atoms with Crippen LogP contribution in [0, 0.1) is 0 Å². The molecule has 1 amide bonds. The van der Waals surface area contributed by atoms with Crippen molar-refractivity contribution in [3.05, 3.63) is 6.20 Å². The SMILES string of the molecule is CC1(Nc2ncc(N)c(NC3CC(NC(=O)O)C3)n2)CCOCC1. The van der Waals surface area contributed by atoms with Gasteiger partial charge in [0.2, 0.25) is 5.95 Å². The van der Waals surface area contributed by atoms with Gasteiger partial charge in [0.15, 0.2) is 5.82 Å². The molecule has 0 spiro atoms. The zero-order chi connectivity index (χ0) is 17.2. The summed E-state index contributed by atoms with van der Waals surface area (Å²) < 4.78 is 5.40. The van der Waals surface area contributed by atoms with E-state index in [1.807, 2.05) is 0 Å². The molecule has 1 aromatic heterocycles. The number of carbonyl (C=O) groups is 1. The number of hydrogen-bond donors (Lipinski definition) is 5. The van der Waals surface area contributed by atoms with Crippen LogP contribution in [0.25, 0.3) is 0 Å². The molecule has 9 nitrogen and oxygen atoms in total. The van der Waals surface area contributed by atoms with E-state index in [4.69, 9.17) is 15.6 Å². The molecule has 1 saturated heterocycles. The molecule has 0 bridgehead atoms. The Morgan fingerprint density at radius 2 is 2.08 bits per heavy atom. The summed E-state index contributed by atoms with van der Waals surface area (Å²) in [6.07, 6.45) is 3.83. The first kappa shape index (κ1) is 16.6. The lowest BCUT2D eigenvalue weighted by molar-refractivity contribution is 0.0656. The number of anilines is 3. The molecular weight excluding hydrogens is 312 g/mol. The molecule has 0 radical (unpaired) electrons. The predicted octanol–water partition coefficient (Wildman–Crippen LogP) is 1.25. The van der Waals surface area contributed by atoms with Crippen molar-refractivity contribution in [2.24, 2.45) is 0 Å². The van der Waals surface area contributed by atoms with E-state index in [1.54, 1.807) is 6.20 Å². The number of nitrogen functional groups attached to an aromatic ring is 1. The van der Waals surface area contributed by atoms with E-state index >= 15 is 0 Å². The molecule has 6 N–H and O–H groups in total. The topological polar surface area (TPSA) is 134 Å². The fourth-order valence-corrected chi connectivity index (χ4v) is 3.01. The number of ether oxygens (including phenoxy) is 1. The Morgan fingerprint density at radius 3 is 2.75 bits per heavy atom. The largest absolute Gasteiger partial charge is 0.465 e. The molecule has 1 saturated carbocycles. The van der Waals surface area contributed by atoms with Crippen LogP contribution in [-0.4, -0.2) is 52.0 Å². The van der Waals surface area contributed by atoms with Gasteiger partial charge in [0, 0.05) is 30.8 Å². The van der Waals surface area contributed by atoms with Gasteiger partial charge in [0.25, 0.3) is 0 Å². The number of nitrogens with two attached hydrogens (primary N) is 1. The first-order valence-electron chi connectivity index (χ1n) is 8.18. The van der Waals surface area contributed by atoms with E-state index in [2.05, 4.69) is 32.8 Å². The Hall–Kier alpha value is -2.29. The van der Waals surface area contributed by atoms with Gasteiger partial charge >= 0.3 is 6.09 Å². The van der Waals surface area contributed by atoms with Crippen LogP contribution in [0.4, 0.5) is 22.2 Å². The number of hydrogen-bond acceptors (Lipinski definition) is 7. The minimum atomic E-state index is -0.990. The highest BCUT2D eigenvalue weighted by Crippen LogP contribution is 2.28. The standard InChI is InChI=1S/C15H24N6O3/c1-15(2-4-24-5-3-15)21-13-17-8-11(16)12(20-13)18-9-6-10(7-9)19-14(22)23/h8-10,19H,2-7,16H2,1H3,(H,22,23)(H2,17,18,20,21). The van der Waals surface area contributed by atoms with Crippen LogP contribution in [0.15, 0.2) is 6.20 Å². The second-order valence-corrected chi connectivity index (χ2v) is 6.75. The Labute approximate surface area is 140 Å². The first-order valence-corrected chi connectivity index (χ1v) is 8.18. The fraction of sp³-hybridized carbons (Fsp3) is 0.667. The molecule has 2 fully saturated rings. The van der Waals surface area contributed by atoms with Crippen LogP contribution in [0.5, 0.6) is 0 Å². The van der Waals surface area contributed by atoms with E-state index in [9.17, 15) is 4.79 Å². The maximum Gasteiger partial charge on any atom is 0.404 e. The van der Waals surface area contributed by atoms with Crippen molar-refractivity contribution < 1.29 is 14.6 Å². The van der Waals surface area contributed by atoms with E-state index in [1.165, 1.54) is 0 Å². The van der Waals surface area contributed by atoms with Crippen molar-refractivity contribution in [3.8, 4) is 0 Å². The second kappa shape index (κ2) is 6.68. The molecule has 24 heavy (non-hydrogen) atoms. The lowest BCUT2D eigenvalue weighted by atomic mass is 9.87. The minimum Gasteiger partial charge on any atom is -0.465 e. The summed E-state index contributed by atoms with van der Waals surface area (Å²) in [4.78, 5) is 19.3. The number of amides is 1. The summed E-state index contributed by atoms with van der Waals surface area (Å²) in [7, 11) is 0. The quantitative estimate of drug-likeness (QED) is 0.542. The first-order chi connectivity index (χ1) is 11.4. The van der Waals surface area contributed by atoms with Gasteiger partial charge in [-0.1, -0.05) is 0 Å². The monoisotopic (exact) mass is 336 g/mol. The highest BCUT2D eigenvalue weighted by molar-refractivity contribution is 5.65. The third-order valence-electron chi connectivity index (χ3n) is 4.63. The van der Waals surface area contributed by atoms with Crippen molar-refractivity contribution in [2.75, 3.05) is 29.6 Å². The van der Waals surface area contributed by atoms with Crippen molar-refractivity contribution in [1.82, 2.24) is 15.3 Å². The van der Waals surface area contributed by atoms with Gasteiger partial charge in [-0.25, -0.2) is 9.78 Å². The maximum absolute atomic E-state index is 10.6. The van der Waals surface area contributed by atoms with E-state index < -0.39 is 6.09 Å². The Morgan fingerprint density at radius 1 is 1.38 bits per heavy atom. The highest BCUT2D eigenvalue weighted by Gasteiger charge is 2.31. The highest BCUT2D eigenvalue weighted by atomic mass is 16.5. The molecule has 2 aliphatic rings. The van der Waals surface area contributed by atoms with Crippen molar-refractivity contribution >= 4 is 23.5 Å². The summed E-state index contributed by atoms with van der Waals surface area (Å²) in [6.45, 7) is 3.59. The zero-order valence-electron chi connectivity index (χ0n) is 13.7. The van der Waals surface area contributed by atoms with Crippen LogP contribution in [0.3, 0.4) is 0 Å². The molecule has 2 heterocycles. The zero-order valence-corrected chi connectivity index (χ0v) is 13.7. The van der Waals surface area contributed by atoms with Gasteiger partial charge in [-0.15, -0.1) is 0 Å². The molecule has 0 atom stereocenters. The number of aromatic nitrogens is 2. The minimum absolute atomic E-state index is 0.0122. The number of carboxylic acid groups (broad SMARTS) is 1. The average Bonchev–Trinajstić information content (AvgIpc) is 2.48. The molecule has 0 unspecified atom stereocenters. The van der Waals surface area contributed by atoms with Crippen LogP contribution in [-0.2, 0) is 4.74 Å². The Bertz CT molecular complexity index is 599. The third-order valence-corrected chi connectivity index (χ3v) is 4.63. The molecular formula is C15H24N6O3. The van der Waals surface area contributed by atoms with E-state index in [-0.39, 0.29) is 17.6 Å². The summed E-state index contributed by atoms with van der Waals surface area (Å²) in [5, 5.41) is 17.8. The summed E-state index contributed by atoms with van der Waals surface area (Å²) in [5.74, 6) is 1.12. The number of nitrogens with one attached hydrogen (secondary N) is 3. The van der Waals surface area contributed by atoms with Crippen molar-refractivity contribution in [3.63, 3.8) is 0 Å². The third kappa shape index (κ3) is 3.97. The van der Waals surface area contributed by atoms with Crippen LogP contribution in [0.2, 0.25) is 0 Å². The number of rotatable bonds is 5. The summed E-state index contributed by atoms with van der Waals surface area (Å²) >= 11 is 0. The second-order valence-electron chi connectivity index (χ2n) is 6.75. The van der Waals surface area contributed by atoms with Crippen LogP contribution >= 0.6 is 0 Å². The average molecular weight is 336 g/mol. The lowest BCUT2D eigenvalue weighted by Crippen LogP contribution is -2.49. The molecule has 3 rings (SSSR count). The van der Waals surface area contributed by atoms with Gasteiger partial charge in [-0.3, -0.25) is 0 Å². The summed E-state index contributed by atoms with van der Waals surface area (Å²) in [6, 6.07) is 0.146. The molecule has 1 aliphatic heterocycles. The molecule has 9 heteroatoms. The molecule has 0 aromatic carbocycles. The molecule has 1 aliphatic carbocycles. The van der Waals surface area contributed by atoms with Gasteiger partial charge in [0.05, 0.1) is 11.9 Å². The summed E-state index contributed by atoms with van der Waals surface area (Å²) in [5.41, 5.74) is 6.35. The Balaban J connectivity index is 1.59. The van der Waals surface area contributed by atoms with Gasteiger partial charge < -0.3 is 31.5 Å². The fourth-order valence-electron chi connectivity index (χ4n) is 3.01. The molecule has 132 valence electrons. The van der Waals surface area contributed by atoms with Crippen LogP contribution in [0.1, 0.15) is 32.6 Å². The van der Waals surface area contributed by atoms with Crippen molar-refractivity contribution in [1.29, 1.82) is 0 Å². The molecule has 1 aromatic rings. The smallest absolute Gasteiger partial charge is 0.404 e. The predicted molar refractivity (Wildman–Crippen MR) is 90.1 cm³/mol. The van der Waals surface area contributed by atoms with Gasteiger partial charge in [0.1, 0.15) is 0 Å². The van der Waals surface area contributed by atoms with E-state index in [0.29, 0.717) is 30.3 Å². The maximum atomic E-state index is 10.6. The van der Waals surface area contributed by atoms with Gasteiger partial charge in [-0.2, -0.15) is 4.98 Å². The van der Waals surface area contributed by atoms with Crippen LogP contribution < -0.4 is 21.7 Å². The van der Waals surface area contributed by atoms with Gasteiger partial charge in [-0.05, 0) is 32.6 Å². The lowest BCUT2D eigenvalue weighted by Gasteiger charge is -2.36. The Kier molecular flexibility index (Phi) is 4.61. The normalized spacial score (nSPS) is 25.4. The van der Waals surface area contributed by atoms with E-state index in [0.717, 1.165) is 26.1 Å². The number of nitrogens with zero attached hydrogens (tertiary/aromatic N) is 2.